The van der Waals surface area contributed by atoms with Gasteiger partial charge >= 0.3 is 5.97 Å². The van der Waals surface area contributed by atoms with Crippen molar-refractivity contribution in [2.75, 3.05) is 26.9 Å². The maximum atomic E-state index is 10.8. The summed E-state index contributed by atoms with van der Waals surface area (Å²) in [5.41, 5.74) is 0.235. The Morgan fingerprint density at radius 1 is 1.45 bits per heavy atom. The van der Waals surface area contributed by atoms with Gasteiger partial charge in [-0.3, -0.25) is 0 Å². The highest BCUT2D eigenvalue weighted by Gasteiger charge is 2.06. The van der Waals surface area contributed by atoms with Crippen LogP contribution in [0.4, 0.5) is 0 Å². The molecule has 0 aliphatic rings. The van der Waals surface area contributed by atoms with Crippen LogP contribution in [-0.4, -0.2) is 44.0 Å². The van der Waals surface area contributed by atoms with E-state index < -0.39 is 5.97 Å². The van der Waals surface area contributed by atoms with E-state index in [1.54, 1.807) is 25.3 Å². The molecule has 0 radical (unpaired) electrons. The smallest absolute Gasteiger partial charge is 0.335 e. The van der Waals surface area contributed by atoms with Gasteiger partial charge in [0, 0.05) is 19.7 Å². The van der Waals surface area contributed by atoms with E-state index in [2.05, 4.69) is 12.2 Å². The molecule has 5 nitrogen and oxygen atoms in total. The Balaban J connectivity index is 2.33. The number of methoxy groups -OCH3 is 1. The van der Waals surface area contributed by atoms with Crippen LogP contribution in [0.15, 0.2) is 24.3 Å². The molecule has 1 aromatic rings. The summed E-state index contributed by atoms with van der Waals surface area (Å²) in [4.78, 5) is 10.8. The molecular formula is C15H23NO4. The van der Waals surface area contributed by atoms with E-state index in [1.165, 1.54) is 6.07 Å². The fraction of sp³-hybridized carbons (Fsp3) is 0.533. The van der Waals surface area contributed by atoms with Gasteiger partial charge in [0.2, 0.25) is 0 Å². The van der Waals surface area contributed by atoms with E-state index in [-0.39, 0.29) is 5.56 Å². The summed E-state index contributed by atoms with van der Waals surface area (Å²) in [6.07, 6.45) is 2.16. The summed E-state index contributed by atoms with van der Waals surface area (Å²) in [7, 11) is 1.69. The number of hydrogen-bond donors (Lipinski definition) is 2. The molecular weight excluding hydrogens is 258 g/mol. The van der Waals surface area contributed by atoms with Crippen LogP contribution in [0.2, 0.25) is 0 Å². The van der Waals surface area contributed by atoms with Crippen LogP contribution in [0.3, 0.4) is 0 Å². The van der Waals surface area contributed by atoms with Crippen molar-refractivity contribution in [2.45, 2.75) is 25.8 Å². The molecule has 0 aliphatic heterocycles. The third kappa shape index (κ3) is 6.04. The Kier molecular flexibility index (Phi) is 7.69. The average Bonchev–Trinajstić information content (AvgIpc) is 2.44. The summed E-state index contributed by atoms with van der Waals surface area (Å²) in [5.74, 6) is -0.373. The molecule has 0 aliphatic carbocycles. The van der Waals surface area contributed by atoms with Crippen LogP contribution in [0.5, 0.6) is 5.75 Å². The first-order chi connectivity index (χ1) is 9.67. The molecule has 0 spiro atoms. The summed E-state index contributed by atoms with van der Waals surface area (Å²) >= 11 is 0. The van der Waals surface area contributed by atoms with E-state index in [0.717, 1.165) is 12.8 Å². The number of rotatable bonds is 10. The molecule has 1 atom stereocenters. The summed E-state index contributed by atoms with van der Waals surface area (Å²) in [5, 5.41) is 12.3. The highest BCUT2D eigenvalue weighted by atomic mass is 16.5. The van der Waals surface area contributed by atoms with Gasteiger partial charge in [0.1, 0.15) is 12.4 Å². The number of nitrogens with one attached hydrogen (secondary N) is 1. The van der Waals surface area contributed by atoms with E-state index in [4.69, 9.17) is 14.6 Å². The Labute approximate surface area is 119 Å². The van der Waals surface area contributed by atoms with Gasteiger partial charge in [-0.25, -0.2) is 4.79 Å². The molecule has 0 saturated carbocycles. The van der Waals surface area contributed by atoms with Crippen LogP contribution in [0.25, 0.3) is 0 Å². The second-order valence-corrected chi connectivity index (χ2v) is 4.58. The van der Waals surface area contributed by atoms with Crippen LogP contribution in [-0.2, 0) is 4.74 Å². The van der Waals surface area contributed by atoms with Crippen LogP contribution in [0, 0.1) is 0 Å². The minimum absolute atomic E-state index is 0.235. The third-order valence-corrected chi connectivity index (χ3v) is 2.89. The van der Waals surface area contributed by atoms with Crippen molar-refractivity contribution in [2.24, 2.45) is 0 Å². The second kappa shape index (κ2) is 9.34. The second-order valence-electron chi connectivity index (χ2n) is 4.58. The maximum absolute atomic E-state index is 10.8. The number of carboxylic acids is 1. The molecule has 1 aromatic carbocycles. The fourth-order valence-corrected chi connectivity index (χ4v) is 1.94. The number of aromatic carboxylic acids is 1. The minimum Gasteiger partial charge on any atom is -0.492 e. The molecule has 112 valence electrons. The van der Waals surface area contributed by atoms with Gasteiger partial charge in [-0.1, -0.05) is 19.4 Å². The number of carboxylic acid groups (broad SMARTS) is 1. The van der Waals surface area contributed by atoms with Gasteiger partial charge in [0.05, 0.1) is 12.2 Å². The molecule has 1 rings (SSSR count). The van der Waals surface area contributed by atoms with Crippen molar-refractivity contribution in [1.29, 1.82) is 0 Å². The van der Waals surface area contributed by atoms with Crippen molar-refractivity contribution in [3.8, 4) is 5.75 Å². The summed E-state index contributed by atoms with van der Waals surface area (Å²) in [6, 6.07) is 6.84. The van der Waals surface area contributed by atoms with Crippen LogP contribution < -0.4 is 10.1 Å². The van der Waals surface area contributed by atoms with Gasteiger partial charge in [0.15, 0.2) is 0 Å². The molecule has 20 heavy (non-hydrogen) atoms. The largest absolute Gasteiger partial charge is 0.492 e. The third-order valence-electron chi connectivity index (χ3n) is 2.89. The molecule has 0 heterocycles. The van der Waals surface area contributed by atoms with Gasteiger partial charge in [-0.05, 0) is 24.6 Å². The lowest BCUT2D eigenvalue weighted by Gasteiger charge is -2.17. The van der Waals surface area contributed by atoms with Crippen molar-refractivity contribution in [1.82, 2.24) is 5.32 Å². The van der Waals surface area contributed by atoms with Gasteiger partial charge < -0.3 is 19.9 Å². The molecule has 0 aromatic heterocycles. The fourth-order valence-electron chi connectivity index (χ4n) is 1.94. The maximum Gasteiger partial charge on any atom is 0.335 e. The normalized spacial score (nSPS) is 12.1. The van der Waals surface area contributed by atoms with Crippen molar-refractivity contribution >= 4 is 5.97 Å². The Morgan fingerprint density at radius 3 is 2.90 bits per heavy atom. The molecule has 5 heteroatoms. The Morgan fingerprint density at radius 2 is 2.25 bits per heavy atom. The molecule has 0 amide bonds. The quantitative estimate of drug-likeness (QED) is 0.643. The SMILES string of the molecule is CCCC(COC)NCCOc1cccc(C(=O)O)c1. The van der Waals surface area contributed by atoms with Gasteiger partial charge in [0.25, 0.3) is 0 Å². The number of ether oxygens (including phenoxy) is 2. The lowest BCUT2D eigenvalue weighted by atomic mass is 10.2. The zero-order valence-corrected chi connectivity index (χ0v) is 12.1. The van der Waals surface area contributed by atoms with E-state index >= 15 is 0 Å². The standard InChI is InChI=1S/C15H23NO4/c1-3-5-13(11-19-2)16-8-9-20-14-7-4-6-12(10-14)15(17)18/h4,6-7,10,13,16H,3,5,8-9,11H2,1-2H3,(H,17,18). The predicted octanol–water partition coefficient (Wildman–Crippen LogP) is 2.17. The van der Waals surface area contributed by atoms with Gasteiger partial charge in [-0.15, -0.1) is 0 Å². The predicted molar refractivity (Wildman–Crippen MR) is 77.5 cm³/mol. The number of benzene rings is 1. The Hall–Kier alpha value is -1.59. The topological polar surface area (TPSA) is 67.8 Å². The Bertz CT molecular complexity index is 403. The van der Waals surface area contributed by atoms with E-state index in [1.807, 2.05) is 0 Å². The molecule has 2 N–H and O–H groups in total. The lowest BCUT2D eigenvalue weighted by Crippen LogP contribution is -2.35. The molecule has 0 bridgehead atoms. The first kappa shape index (κ1) is 16.5. The van der Waals surface area contributed by atoms with Gasteiger partial charge in [-0.2, -0.15) is 0 Å². The molecule has 0 fully saturated rings. The first-order valence-corrected chi connectivity index (χ1v) is 6.85. The van der Waals surface area contributed by atoms with Crippen LogP contribution in [0.1, 0.15) is 30.1 Å². The highest BCUT2D eigenvalue weighted by molar-refractivity contribution is 5.87. The summed E-state index contributed by atoms with van der Waals surface area (Å²) < 4.78 is 10.7. The summed E-state index contributed by atoms with van der Waals surface area (Å²) in [6.45, 7) is 4.01. The number of hydrogen-bond acceptors (Lipinski definition) is 4. The van der Waals surface area contributed by atoms with E-state index in [0.29, 0.717) is 31.5 Å². The van der Waals surface area contributed by atoms with Crippen molar-refractivity contribution in [3.63, 3.8) is 0 Å². The lowest BCUT2D eigenvalue weighted by molar-refractivity contribution is 0.0696. The highest BCUT2D eigenvalue weighted by Crippen LogP contribution is 2.13. The number of carbonyl (C=O) groups is 1. The molecule has 0 saturated heterocycles. The zero-order valence-electron chi connectivity index (χ0n) is 12.1. The van der Waals surface area contributed by atoms with Crippen molar-refractivity contribution < 1.29 is 19.4 Å². The minimum atomic E-state index is -0.948. The molecule has 1 unspecified atom stereocenters. The average molecular weight is 281 g/mol. The zero-order chi connectivity index (χ0) is 14.8. The monoisotopic (exact) mass is 281 g/mol. The van der Waals surface area contributed by atoms with Crippen LogP contribution >= 0.6 is 0 Å². The van der Waals surface area contributed by atoms with Crippen molar-refractivity contribution in [3.05, 3.63) is 29.8 Å². The first-order valence-electron chi connectivity index (χ1n) is 6.85. The van der Waals surface area contributed by atoms with E-state index in [9.17, 15) is 4.79 Å².